The Morgan fingerprint density at radius 3 is 2.20 bits per heavy atom. The lowest BCUT2D eigenvalue weighted by Gasteiger charge is -2.05. The van der Waals surface area contributed by atoms with Gasteiger partial charge in [0.1, 0.15) is 0 Å². The highest BCUT2D eigenvalue weighted by atomic mass is 16.5. The summed E-state index contributed by atoms with van der Waals surface area (Å²) in [4.78, 5) is 21.3. The number of hydrogen-bond acceptors (Lipinski definition) is 3. The quantitative estimate of drug-likeness (QED) is 0.537. The van der Waals surface area contributed by atoms with Crippen molar-refractivity contribution in [3.63, 3.8) is 0 Å². The molecule has 54 valence electrons. The smallest absolute Gasteiger partial charge is 0.268 e. The molecule has 0 spiro atoms. The monoisotopic (exact) mass is 140 g/mol. The van der Waals surface area contributed by atoms with Gasteiger partial charge in [-0.1, -0.05) is 6.92 Å². The molecule has 0 saturated heterocycles. The van der Waals surface area contributed by atoms with Gasteiger partial charge in [0.2, 0.25) is 5.43 Å². The van der Waals surface area contributed by atoms with Crippen molar-refractivity contribution < 1.29 is 4.74 Å². The molecule has 3 heteroatoms. The van der Waals surface area contributed by atoms with Crippen LogP contribution in [-0.2, 0) is 6.42 Å². The second-order valence-electron chi connectivity index (χ2n) is 2.02. The molecule has 0 atom stereocenters. The van der Waals surface area contributed by atoms with Gasteiger partial charge in [0, 0.05) is 5.56 Å². The summed E-state index contributed by atoms with van der Waals surface area (Å²) in [6, 6.07) is 0. The zero-order chi connectivity index (χ0) is 7.72. The van der Waals surface area contributed by atoms with Crippen molar-refractivity contribution in [2.75, 3.05) is 7.11 Å². The van der Waals surface area contributed by atoms with Crippen molar-refractivity contribution >= 4 is 0 Å². The second kappa shape index (κ2) is 2.25. The summed E-state index contributed by atoms with van der Waals surface area (Å²) in [5.74, 6) is 0.243. The van der Waals surface area contributed by atoms with E-state index in [-0.39, 0.29) is 11.2 Å². The van der Waals surface area contributed by atoms with Crippen LogP contribution in [0.25, 0.3) is 0 Å². The normalized spacial score (nSPS) is 10.2. The first-order valence-electron chi connectivity index (χ1n) is 3.08. The fourth-order valence-electron chi connectivity index (χ4n) is 0.955. The molecule has 1 rings (SSSR count). The molecule has 0 bridgehead atoms. The molecule has 1 aromatic rings. The van der Waals surface area contributed by atoms with E-state index in [9.17, 15) is 9.59 Å². The Kier molecular flexibility index (Phi) is 1.57. The Hall–Kier alpha value is -1.12. The van der Waals surface area contributed by atoms with Gasteiger partial charge in [-0.2, -0.15) is 0 Å². The highest BCUT2D eigenvalue weighted by Crippen LogP contribution is 2.09. The van der Waals surface area contributed by atoms with E-state index < -0.39 is 5.43 Å². The van der Waals surface area contributed by atoms with Gasteiger partial charge in [-0.15, -0.1) is 0 Å². The minimum atomic E-state index is -0.487. The van der Waals surface area contributed by atoms with E-state index in [0.717, 1.165) is 0 Å². The van der Waals surface area contributed by atoms with E-state index in [1.165, 1.54) is 7.11 Å². The maximum Gasteiger partial charge on any atom is 0.268 e. The van der Waals surface area contributed by atoms with E-state index >= 15 is 0 Å². The van der Waals surface area contributed by atoms with Gasteiger partial charge < -0.3 is 4.74 Å². The van der Waals surface area contributed by atoms with Gasteiger partial charge in [0.15, 0.2) is 5.75 Å². The van der Waals surface area contributed by atoms with Crippen molar-refractivity contribution in [2.45, 2.75) is 13.3 Å². The first-order valence-corrected chi connectivity index (χ1v) is 3.08. The SMILES string of the molecule is CCc1c(OC)c(=O)c1=O. The average molecular weight is 140 g/mol. The second-order valence-corrected chi connectivity index (χ2v) is 2.02. The topological polar surface area (TPSA) is 43.4 Å². The molecule has 0 aromatic heterocycles. The molecule has 0 aliphatic heterocycles. The predicted molar refractivity (Wildman–Crippen MR) is 37.3 cm³/mol. The first-order chi connectivity index (χ1) is 4.72. The van der Waals surface area contributed by atoms with Crippen molar-refractivity contribution in [3.05, 3.63) is 26.0 Å². The molecule has 0 saturated carbocycles. The largest absolute Gasteiger partial charge is 0.492 e. The van der Waals surface area contributed by atoms with Crippen LogP contribution in [0.2, 0.25) is 0 Å². The molecular formula is C7H8O3. The molecular weight excluding hydrogens is 132 g/mol. The van der Waals surface area contributed by atoms with Gasteiger partial charge in [-0.25, -0.2) is 0 Å². The summed E-state index contributed by atoms with van der Waals surface area (Å²) in [5, 5.41) is 0. The third kappa shape index (κ3) is 0.667. The molecule has 0 unspecified atom stereocenters. The van der Waals surface area contributed by atoms with Crippen LogP contribution >= 0.6 is 0 Å². The molecule has 0 heterocycles. The van der Waals surface area contributed by atoms with Crippen LogP contribution in [0.1, 0.15) is 12.5 Å². The lowest BCUT2D eigenvalue weighted by atomic mass is 10.1. The molecule has 0 fully saturated rings. The van der Waals surface area contributed by atoms with Gasteiger partial charge in [0.05, 0.1) is 7.11 Å². The van der Waals surface area contributed by atoms with Crippen molar-refractivity contribution in [2.24, 2.45) is 0 Å². The summed E-state index contributed by atoms with van der Waals surface area (Å²) in [6.07, 6.45) is 0.577. The fraction of sp³-hybridized carbons (Fsp3) is 0.429. The molecule has 10 heavy (non-hydrogen) atoms. The van der Waals surface area contributed by atoms with E-state index in [1.807, 2.05) is 6.92 Å². The van der Waals surface area contributed by atoms with Gasteiger partial charge in [-0.05, 0) is 6.42 Å². The Morgan fingerprint density at radius 2 is 1.90 bits per heavy atom. The van der Waals surface area contributed by atoms with Gasteiger partial charge >= 0.3 is 0 Å². The summed E-state index contributed by atoms with van der Waals surface area (Å²) in [5.41, 5.74) is -0.355. The highest BCUT2D eigenvalue weighted by molar-refractivity contribution is 5.39. The van der Waals surface area contributed by atoms with E-state index in [2.05, 4.69) is 4.74 Å². The fourth-order valence-corrected chi connectivity index (χ4v) is 0.955. The molecule has 0 aliphatic rings. The Bertz CT molecular complexity index is 273. The predicted octanol–water partition coefficient (Wildman–Crippen LogP) is -0.146. The van der Waals surface area contributed by atoms with Crippen LogP contribution in [0, 0.1) is 0 Å². The number of methoxy groups -OCH3 is 1. The lowest BCUT2D eigenvalue weighted by molar-refractivity contribution is 0.399. The van der Waals surface area contributed by atoms with Crippen molar-refractivity contribution in [1.29, 1.82) is 0 Å². The maximum atomic E-state index is 10.7. The zero-order valence-corrected chi connectivity index (χ0v) is 5.93. The summed E-state index contributed by atoms with van der Waals surface area (Å²) < 4.78 is 4.68. The molecule has 3 nitrogen and oxygen atoms in total. The van der Waals surface area contributed by atoms with Crippen LogP contribution in [0.5, 0.6) is 5.75 Å². The maximum absolute atomic E-state index is 10.7. The van der Waals surface area contributed by atoms with Crippen LogP contribution in [0.3, 0.4) is 0 Å². The van der Waals surface area contributed by atoms with E-state index in [1.54, 1.807) is 0 Å². The minimum absolute atomic E-state index is 0.243. The summed E-state index contributed by atoms with van der Waals surface area (Å²) in [6.45, 7) is 1.82. The molecule has 0 aliphatic carbocycles. The average Bonchev–Trinajstić information content (AvgIpc) is 1.97. The van der Waals surface area contributed by atoms with Crippen molar-refractivity contribution in [3.8, 4) is 5.75 Å². The summed E-state index contributed by atoms with van der Waals surface area (Å²) in [7, 11) is 1.40. The minimum Gasteiger partial charge on any atom is -0.492 e. The van der Waals surface area contributed by atoms with Crippen LogP contribution in [0.4, 0.5) is 0 Å². The Balaban J connectivity index is 3.16. The van der Waals surface area contributed by atoms with E-state index in [4.69, 9.17) is 0 Å². The third-order valence-corrected chi connectivity index (χ3v) is 1.52. The molecule has 0 N–H and O–H groups in total. The zero-order valence-electron chi connectivity index (χ0n) is 5.93. The third-order valence-electron chi connectivity index (χ3n) is 1.52. The van der Waals surface area contributed by atoms with Crippen molar-refractivity contribution in [1.82, 2.24) is 0 Å². The molecule has 0 amide bonds. The van der Waals surface area contributed by atoms with E-state index in [0.29, 0.717) is 12.0 Å². The molecule has 0 radical (unpaired) electrons. The number of ether oxygens (including phenoxy) is 1. The molecule has 1 aromatic carbocycles. The van der Waals surface area contributed by atoms with Gasteiger partial charge in [0.25, 0.3) is 5.43 Å². The standard InChI is InChI=1S/C7H8O3/c1-3-4-5(8)6(9)7(4)10-2/h3H2,1-2H3. The van der Waals surface area contributed by atoms with Crippen LogP contribution < -0.4 is 15.6 Å². The highest BCUT2D eigenvalue weighted by Gasteiger charge is 2.18. The number of rotatable bonds is 2. The lowest BCUT2D eigenvalue weighted by Crippen LogP contribution is -2.36. The van der Waals surface area contributed by atoms with Crippen LogP contribution in [-0.4, -0.2) is 7.11 Å². The number of hydrogen-bond donors (Lipinski definition) is 0. The Morgan fingerprint density at radius 1 is 1.30 bits per heavy atom. The first kappa shape index (κ1) is 6.99. The summed E-state index contributed by atoms with van der Waals surface area (Å²) >= 11 is 0. The van der Waals surface area contributed by atoms with Gasteiger partial charge in [-0.3, -0.25) is 9.59 Å². The Labute approximate surface area is 57.9 Å². The van der Waals surface area contributed by atoms with Crippen LogP contribution in [0.15, 0.2) is 9.59 Å².